The molecule has 1 aromatic carbocycles. The predicted molar refractivity (Wildman–Crippen MR) is 133 cm³/mol. The van der Waals surface area contributed by atoms with E-state index in [4.69, 9.17) is 4.74 Å². The molecule has 0 N–H and O–H groups in total. The van der Waals surface area contributed by atoms with E-state index in [1.165, 1.54) is 80.7 Å². The first-order valence-corrected chi connectivity index (χ1v) is 13.2. The van der Waals surface area contributed by atoms with Gasteiger partial charge in [-0.25, -0.2) is 9.97 Å². The number of aromatic nitrogens is 2. The van der Waals surface area contributed by atoms with Crippen molar-refractivity contribution in [3.63, 3.8) is 0 Å². The maximum absolute atomic E-state index is 5.94. The summed E-state index contributed by atoms with van der Waals surface area (Å²) in [6.45, 7) is 5.28. The van der Waals surface area contributed by atoms with E-state index >= 15 is 0 Å². The van der Waals surface area contributed by atoms with Gasteiger partial charge in [-0.15, -0.1) is 0 Å². The van der Waals surface area contributed by atoms with Crippen molar-refractivity contribution in [2.75, 3.05) is 6.61 Å². The van der Waals surface area contributed by atoms with Crippen molar-refractivity contribution in [2.24, 2.45) is 11.8 Å². The molecule has 4 heteroatoms. The number of aryl methyl sites for hydroxylation is 1. The van der Waals surface area contributed by atoms with Crippen LogP contribution in [0.15, 0.2) is 35.1 Å². The molecule has 31 heavy (non-hydrogen) atoms. The molecule has 1 aliphatic rings. The monoisotopic (exact) mass is 486 g/mol. The number of nitrogens with zero attached hydrogens (tertiary/aromatic N) is 2. The number of rotatable bonds is 12. The van der Waals surface area contributed by atoms with E-state index in [9.17, 15) is 0 Å². The summed E-state index contributed by atoms with van der Waals surface area (Å²) in [5.41, 5.74) is 3.54. The molecular weight excluding hydrogens is 448 g/mol. The molecule has 1 heterocycles. The van der Waals surface area contributed by atoms with Crippen LogP contribution in [-0.2, 0) is 6.42 Å². The Morgan fingerprint density at radius 1 is 0.871 bits per heavy atom. The molecule has 2 aromatic rings. The molecule has 0 radical (unpaired) electrons. The first-order chi connectivity index (χ1) is 15.2. The quantitative estimate of drug-likeness (QED) is 0.282. The SMILES string of the molecule is CCCCCc1ccc(-c2cnc(OCC3CCC(CCCCC)CC3)nc2)cc1Br. The van der Waals surface area contributed by atoms with E-state index < -0.39 is 0 Å². The van der Waals surface area contributed by atoms with E-state index in [2.05, 4.69) is 57.9 Å². The van der Waals surface area contributed by atoms with Crippen molar-refractivity contribution in [1.29, 1.82) is 0 Å². The Labute approximate surface area is 197 Å². The number of halogens is 1. The van der Waals surface area contributed by atoms with Crippen LogP contribution in [0.3, 0.4) is 0 Å². The normalized spacial score (nSPS) is 18.8. The minimum absolute atomic E-state index is 0.504. The van der Waals surface area contributed by atoms with Gasteiger partial charge in [0.1, 0.15) is 0 Å². The van der Waals surface area contributed by atoms with Gasteiger partial charge in [0.05, 0.1) is 6.61 Å². The maximum Gasteiger partial charge on any atom is 0.316 e. The van der Waals surface area contributed by atoms with Crippen molar-refractivity contribution in [3.05, 3.63) is 40.6 Å². The van der Waals surface area contributed by atoms with Crippen molar-refractivity contribution >= 4 is 15.9 Å². The topological polar surface area (TPSA) is 35.0 Å². The molecule has 1 fully saturated rings. The summed E-state index contributed by atoms with van der Waals surface area (Å²) >= 11 is 3.74. The zero-order chi connectivity index (χ0) is 21.9. The van der Waals surface area contributed by atoms with E-state index in [-0.39, 0.29) is 0 Å². The van der Waals surface area contributed by atoms with Gasteiger partial charge in [0.25, 0.3) is 0 Å². The lowest BCUT2D eigenvalue weighted by Gasteiger charge is -2.28. The van der Waals surface area contributed by atoms with Crippen LogP contribution in [0.1, 0.15) is 90.0 Å². The maximum atomic E-state index is 5.94. The predicted octanol–water partition coefficient (Wildman–Crippen LogP) is 8.40. The number of unbranched alkanes of at least 4 members (excludes halogenated alkanes) is 4. The van der Waals surface area contributed by atoms with Crippen LogP contribution in [0.2, 0.25) is 0 Å². The van der Waals surface area contributed by atoms with E-state index in [1.807, 2.05) is 12.4 Å². The minimum atomic E-state index is 0.504. The molecule has 1 aromatic heterocycles. The smallest absolute Gasteiger partial charge is 0.316 e. The molecule has 0 atom stereocenters. The van der Waals surface area contributed by atoms with E-state index in [0.717, 1.165) is 30.1 Å². The van der Waals surface area contributed by atoms with Crippen LogP contribution in [0.5, 0.6) is 6.01 Å². The van der Waals surface area contributed by atoms with Gasteiger partial charge in [0.15, 0.2) is 0 Å². The fraction of sp³-hybridized carbons (Fsp3) is 0.630. The summed E-state index contributed by atoms with van der Waals surface area (Å²) in [5, 5.41) is 0. The molecule has 0 amide bonds. The van der Waals surface area contributed by atoms with Crippen LogP contribution in [0.4, 0.5) is 0 Å². The number of hydrogen-bond acceptors (Lipinski definition) is 3. The Balaban J connectivity index is 1.45. The zero-order valence-electron chi connectivity index (χ0n) is 19.4. The fourth-order valence-electron chi connectivity index (χ4n) is 4.60. The molecule has 0 bridgehead atoms. The van der Waals surface area contributed by atoms with E-state index in [0.29, 0.717) is 11.9 Å². The molecule has 3 rings (SSSR count). The second kappa shape index (κ2) is 13.2. The first kappa shape index (κ1) is 24.2. The lowest BCUT2D eigenvalue weighted by atomic mass is 9.80. The van der Waals surface area contributed by atoms with Gasteiger partial charge in [-0.3, -0.25) is 0 Å². The van der Waals surface area contributed by atoms with Gasteiger partial charge in [-0.1, -0.05) is 93.3 Å². The van der Waals surface area contributed by atoms with Crippen LogP contribution in [0.25, 0.3) is 11.1 Å². The van der Waals surface area contributed by atoms with Gasteiger partial charge in [-0.2, -0.15) is 0 Å². The lowest BCUT2D eigenvalue weighted by Crippen LogP contribution is -2.20. The van der Waals surface area contributed by atoms with Crippen molar-refractivity contribution in [1.82, 2.24) is 9.97 Å². The largest absolute Gasteiger partial charge is 0.463 e. The number of ether oxygens (including phenoxy) is 1. The van der Waals surface area contributed by atoms with Gasteiger partial charge in [0, 0.05) is 22.4 Å². The van der Waals surface area contributed by atoms with Gasteiger partial charge in [0.2, 0.25) is 0 Å². The van der Waals surface area contributed by atoms with Gasteiger partial charge >= 0.3 is 6.01 Å². The Morgan fingerprint density at radius 3 is 2.23 bits per heavy atom. The summed E-state index contributed by atoms with van der Waals surface area (Å²) in [7, 11) is 0. The highest BCUT2D eigenvalue weighted by Crippen LogP contribution is 2.32. The van der Waals surface area contributed by atoms with Crippen molar-refractivity contribution in [3.8, 4) is 17.1 Å². The molecule has 0 unspecified atom stereocenters. The molecular formula is C27H39BrN2O. The second-order valence-corrected chi connectivity index (χ2v) is 10.1. The number of hydrogen-bond donors (Lipinski definition) is 0. The number of benzene rings is 1. The van der Waals surface area contributed by atoms with Crippen LogP contribution >= 0.6 is 15.9 Å². The third kappa shape index (κ3) is 7.89. The van der Waals surface area contributed by atoms with Gasteiger partial charge in [-0.05, 0) is 54.7 Å². The minimum Gasteiger partial charge on any atom is -0.463 e. The van der Waals surface area contributed by atoms with Crippen molar-refractivity contribution < 1.29 is 4.74 Å². The average molecular weight is 488 g/mol. The zero-order valence-corrected chi connectivity index (χ0v) is 21.0. The highest BCUT2D eigenvalue weighted by molar-refractivity contribution is 9.10. The third-order valence-electron chi connectivity index (χ3n) is 6.69. The van der Waals surface area contributed by atoms with Crippen molar-refractivity contribution in [2.45, 2.75) is 90.9 Å². The summed E-state index contributed by atoms with van der Waals surface area (Å²) < 4.78 is 7.11. The van der Waals surface area contributed by atoms with Crippen LogP contribution in [0, 0.1) is 11.8 Å². The Hall–Kier alpha value is -1.42. The summed E-state index contributed by atoms with van der Waals surface area (Å²) in [4.78, 5) is 8.94. The van der Waals surface area contributed by atoms with E-state index in [1.54, 1.807) is 0 Å². The second-order valence-electron chi connectivity index (χ2n) is 9.21. The Bertz CT molecular complexity index is 769. The standard InChI is InChI=1S/C27H39BrN2O/c1-3-5-7-9-21-11-13-22(14-12-21)20-31-27-29-18-25(19-30-27)24-16-15-23(26(28)17-24)10-8-6-4-2/h15-19,21-22H,3-14,20H2,1-2H3. The van der Waals surface area contributed by atoms with Crippen LogP contribution < -0.4 is 4.74 Å². The molecule has 1 saturated carbocycles. The third-order valence-corrected chi connectivity index (χ3v) is 7.43. The lowest BCUT2D eigenvalue weighted by molar-refractivity contribution is 0.169. The summed E-state index contributed by atoms with van der Waals surface area (Å²) in [6.07, 6.45) is 19.5. The molecule has 0 spiro atoms. The molecule has 0 aliphatic heterocycles. The molecule has 170 valence electrons. The Kier molecular flexibility index (Phi) is 10.3. The summed E-state index contributed by atoms with van der Waals surface area (Å²) in [6, 6.07) is 7.07. The molecule has 1 aliphatic carbocycles. The van der Waals surface area contributed by atoms with Crippen LogP contribution in [-0.4, -0.2) is 16.6 Å². The van der Waals surface area contributed by atoms with Gasteiger partial charge < -0.3 is 4.74 Å². The Morgan fingerprint density at radius 2 is 1.55 bits per heavy atom. The summed E-state index contributed by atoms with van der Waals surface area (Å²) in [5.74, 6) is 1.60. The average Bonchev–Trinajstić information content (AvgIpc) is 2.80. The first-order valence-electron chi connectivity index (χ1n) is 12.4. The molecule has 3 nitrogen and oxygen atoms in total. The highest BCUT2D eigenvalue weighted by Gasteiger charge is 2.21. The fourth-order valence-corrected chi connectivity index (χ4v) is 5.17. The highest BCUT2D eigenvalue weighted by atomic mass is 79.9. The molecule has 0 saturated heterocycles.